The topological polar surface area (TPSA) is 12.0 Å². The fourth-order valence-electron chi connectivity index (χ4n) is 1.62. The van der Waals surface area contributed by atoms with Crippen LogP contribution in [0.5, 0.6) is 0 Å². The van der Waals surface area contributed by atoms with Gasteiger partial charge in [-0.1, -0.05) is 13.8 Å². The highest BCUT2D eigenvalue weighted by atomic mass is 19.1. The van der Waals surface area contributed by atoms with Crippen LogP contribution in [-0.4, -0.2) is 6.04 Å². The van der Waals surface area contributed by atoms with E-state index in [-0.39, 0.29) is 5.82 Å². The van der Waals surface area contributed by atoms with E-state index in [4.69, 9.17) is 0 Å². The van der Waals surface area contributed by atoms with Gasteiger partial charge in [0, 0.05) is 11.7 Å². The Morgan fingerprint density at radius 3 is 2.40 bits per heavy atom. The standard InChI is InChI=1S/C13H20FN/c1-9(2)7-11-8-12(14)5-6-13(11)15-10(3)4/h5-6,8-10,15H,7H2,1-4H3. The van der Waals surface area contributed by atoms with Crippen LogP contribution < -0.4 is 5.32 Å². The summed E-state index contributed by atoms with van der Waals surface area (Å²) >= 11 is 0. The van der Waals surface area contributed by atoms with Gasteiger partial charge in [-0.05, 0) is 49.9 Å². The highest BCUT2D eigenvalue weighted by Gasteiger charge is 2.07. The van der Waals surface area contributed by atoms with E-state index < -0.39 is 0 Å². The number of hydrogen-bond donors (Lipinski definition) is 1. The van der Waals surface area contributed by atoms with Crippen LogP contribution in [0.4, 0.5) is 10.1 Å². The lowest BCUT2D eigenvalue weighted by atomic mass is 10.0. The molecule has 1 N–H and O–H groups in total. The Balaban J connectivity index is 2.92. The van der Waals surface area contributed by atoms with E-state index in [1.165, 1.54) is 6.07 Å². The summed E-state index contributed by atoms with van der Waals surface area (Å²) in [6.07, 6.45) is 0.910. The van der Waals surface area contributed by atoms with E-state index in [2.05, 4.69) is 33.0 Å². The largest absolute Gasteiger partial charge is 0.383 e. The smallest absolute Gasteiger partial charge is 0.123 e. The molecule has 0 unspecified atom stereocenters. The molecular formula is C13H20FN. The first kappa shape index (κ1) is 12.0. The first-order chi connectivity index (χ1) is 6.99. The van der Waals surface area contributed by atoms with Crippen molar-refractivity contribution < 1.29 is 4.39 Å². The van der Waals surface area contributed by atoms with Crippen LogP contribution in [0, 0.1) is 11.7 Å². The molecule has 0 radical (unpaired) electrons. The third-order valence-corrected chi connectivity index (χ3v) is 2.14. The first-order valence-corrected chi connectivity index (χ1v) is 5.54. The average molecular weight is 209 g/mol. The highest BCUT2D eigenvalue weighted by Crippen LogP contribution is 2.21. The van der Waals surface area contributed by atoms with E-state index in [0.717, 1.165) is 17.7 Å². The third kappa shape index (κ3) is 3.90. The summed E-state index contributed by atoms with van der Waals surface area (Å²) in [7, 11) is 0. The lowest BCUT2D eigenvalue weighted by molar-refractivity contribution is 0.613. The molecule has 0 amide bonds. The summed E-state index contributed by atoms with van der Waals surface area (Å²) in [5.74, 6) is 0.388. The third-order valence-electron chi connectivity index (χ3n) is 2.14. The maximum atomic E-state index is 13.1. The SMILES string of the molecule is CC(C)Cc1cc(F)ccc1NC(C)C. The van der Waals surface area contributed by atoms with Gasteiger partial charge in [0.15, 0.2) is 0 Å². The molecule has 1 aromatic carbocycles. The molecule has 0 aliphatic carbocycles. The predicted molar refractivity (Wildman–Crippen MR) is 63.7 cm³/mol. The van der Waals surface area contributed by atoms with Gasteiger partial charge in [0.2, 0.25) is 0 Å². The van der Waals surface area contributed by atoms with Crippen molar-refractivity contribution in [2.24, 2.45) is 5.92 Å². The molecular weight excluding hydrogens is 189 g/mol. The minimum absolute atomic E-state index is 0.153. The number of hydrogen-bond acceptors (Lipinski definition) is 1. The van der Waals surface area contributed by atoms with Crippen molar-refractivity contribution in [3.8, 4) is 0 Å². The number of benzene rings is 1. The predicted octanol–water partition coefficient (Wildman–Crippen LogP) is 3.84. The molecule has 15 heavy (non-hydrogen) atoms. The molecule has 0 saturated heterocycles. The zero-order valence-corrected chi connectivity index (χ0v) is 9.97. The van der Waals surface area contributed by atoms with Gasteiger partial charge in [0.1, 0.15) is 5.82 Å². The Morgan fingerprint density at radius 2 is 1.87 bits per heavy atom. The summed E-state index contributed by atoms with van der Waals surface area (Å²) in [6.45, 7) is 8.46. The van der Waals surface area contributed by atoms with Crippen molar-refractivity contribution in [1.29, 1.82) is 0 Å². The fraction of sp³-hybridized carbons (Fsp3) is 0.538. The normalized spacial score (nSPS) is 11.1. The summed E-state index contributed by atoms with van der Waals surface area (Å²) < 4.78 is 13.1. The molecule has 0 bridgehead atoms. The second-order valence-electron chi connectivity index (χ2n) is 4.70. The van der Waals surface area contributed by atoms with Gasteiger partial charge >= 0.3 is 0 Å². The van der Waals surface area contributed by atoms with Gasteiger partial charge in [-0.2, -0.15) is 0 Å². The Labute approximate surface area is 91.7 Å². The fourth-order valence-corrected chi connectivity index (χ4v) is 1.62. The molecule has 0 aliphatic rings. The molecule has 1 aromatic rings. The molecule has 0 aromatic heterocycles. The molecule has 84 valence electrons. The Hall–Kier alpha value is -1.05. The average Bonchev–Trinajstić information content (AvgIpc) is 2.08. The molecule has 0 spiro atoms. The van der Waals surface area contributed by atoms with Crippen LogP contribution in [-0.2, 0) is 6.42 Å². The molecule has 1 rings (SSSR count). The number of rotatable bonds is 4. The van der Waals surface area contributed by atoms with Crippen molar-refractivity contribution in [2.45, 2.75) is 40.2 Å². The highest BCUT2D eigenvalue weighted by molar-refractivity contribution is 5.52. The van der Waals surface area contributed by atoms with Gasteiger partial charge in [-0.3, -0.25) is 0 Å². The van der Waals surface area contributed by atoms with Gasteiger partial charge in [0.05, 0.1) is 0 Å². The van der Waals surface area contributed by atoms with Gasteiger partial charge in [0.25, 0.3) is 0 Å². The van der Waals surface area contributed by atoms with E-state index >= 15 is 0 Å². The lowest BCUT2D eigenvalue weighted by Gasteiger charge is -2.16. The van der Waals surface area contributed by atoms with Gasteiger partial charge in [-0.25, -0.2) is 4.39 Å². The Kier molecular flexibility index (Phi) is 4.13. The van der Waals surface area contributed by atoms with E-state index in [9.17, 15) is 4.39 Å². The van der Waals surface area contributed by atoms with Crippen molar-refractivity contribution in [3.05, 3.63) is 29.6 Å². The first-order valence-electron chi connectivity index (χ1n) is 5.54. The maximum absolute atomic E-state index is 13.1. The quantitative estimate of drug-likeness (QED) is 0.794. The van der Waals surface area contributed by atoms with E-state index in [1.807, 2.05) is 6.07 Å². The summed E-state index contributed by atoms with van der Waals surface area (Å²) in [5, 5.41) is 3.34. The minimum atomic E-state index is -0.153. The van der Waals surface area contributed by atoms with Crippen LogP contribution in [0.3, 0.4) is 0 Å². The molecule has 0 aliphatic heterocycles. The Morgan fingerprint density at radius 1 is 1.20 bits per heavy atom. The summed E-state index contributed by atoms with van der Waals surface area (Å²) in [5.41, 5.74) is 2.12. The van der Waals surface area contributed by atoms with Crippen molar-refractivity contribution in [2.75, 3.05) is 5.32 Å². The molecule has 0 heterocycles. The second-order valence-corrected chi connectivity index (χ2v) is 4.70. The summed E-state index contributed by atoms with van der Waals surface area (Å²) in [6, 6.07) is 5.34. The summed E-state index contributed by atoms with van der Waals surface area (Å²) in [4.78, 5) is 0. The molecule has 0 saturated carbocycles. The number of halogens is 1. The van der Waals surface area contributed by atoms with Crippen LogP contribution in [0.2, 0.25) is 0 Å². The number of anilines is 1. The molecule has 0 fully saturated rings. The maximum Gasteiger partial charge on any atom is 0.123 e. The van der Waals surface area contributed by atoms with Gasteiger partial charge < -0.3 is 5.32 Å². The Bertz CT molecular complexity index is 318. The van der Waals surface area contributed by atoms with Gasteiger partial charge in [-0.15, -0.1) is 0 Å². The van der Waals surface area contributed by atoms with Crippen molar-refractivity contribution >= 4 is 5.69 Å². The monoisotopic (exact) mass is 209 g/mol. The molecule has 0 atom stereocenters. The zero-order chi connectivity index (χ0) is 11.4. The minimum Gasteiger partial charge on any atom is -0.383 e. The number of nitrogens with one attached hydrogen (secondary N) is 1. The van der Waals surface area contributed by atoms with Crippen molar-refractivity contribution in [3.63, 3.8) is 0 Å². The zero-order valence-electron chi connectivity index (χ0n) is 9.97. The van der Waals surface area contributed by atoms with Crippen LogP contribution >= 0.6 is 0 Å². The van der Waals surface area contributed by atoms with Crippen LogP contribution in [0.25, 0.3) is 0 Å². The molecule has 2 heteroatoms. The van der Waals surface area contributed by atoms with Crippen LogP contribution in [0.1, 0.15) is 33.3 Å². The molecule has 1 nitrogen and oxygen atoms in total. The lowest BCUT2D eigenvalue weighted by Crippen LogP contribution is -2.12. The van der Waals surface area contributed by atoms with Crippen LogP contribution in [0.15, 0.2) is 18.2 Å². The van der Waals surface area contributed by atoms with E-state index in [1.54, 1.807) is 6.07 Å². The van der Waals surface area contributed by atoms with Crippen molar-refractivity contribution in [1.82, 2.24) is 0 Å². The second kappa shape index (κ2) is 5.15. The van der Waals surface area contributed by atoms with E-state index in [0.29, 0.717) is 12.0 Å².